The molecule has 0 aromatic heterocycles. The van der Waals surface area contributed by atoms with Crippen molar-refractivity contribution >= 4 is 5.97 Å². The lowest BCUT2D eigenvalue weighted by Gasteiger charge is -2.20. The molecular weight excluding hydrogens is 250 g/mol. The van der Waals surface area contributed by atoms with Crippen LogP contribution >= 0.6 is 0 Å². The monoisotopic (exact) mass is 267 g/mol. The van der Waals surface area contributed by atoms with Crippen LogP contribution in [0.3, 0.4) is 0 Å². The smallest absolute Gasteiger partial charge is 0.321 e. The van der Waals surface area contributed by atoms with E-state index in [1.54, 1.807) is 11.0 Å². The van der Waals surface area contributed by atoms with Gasteiger partial charge in [0.1, 0.15) is 17.5 Å². The number of carbonyl (C=O) groups is 1. The average Bonchev–Trinajstić information content (AvgIpc) is 2.69. The molecule has 1 aliphatic rings. The van der Waals surface area contributed by atoms with E-state index in [9.17, 15) is 20.1 Å². The number of hydrogen-bond donors (Lipinski definition) is 4. The topological polar surface area (TPSA) is 101 Å². The second kappa shape index (κ2) is 5.46. The number of phenols is 2. The molecule has 0 spiro atoms. The molecule has 0 bridgehead atoms. The van der Waals surface area contributed by atoms with Crippen molar-refractivity contribution in [3.63, 3.8) is 0 Å². The summed E-state index contributed by atoms with van der Waals surface area (Å²) in [5.41, 5.74) is 0.642. The first-order valence-corrected chi connectivity index (χ1v) is 6.13. The van der Waals surface area contributed by atoms with E-state index >= 15 is 0 Å². The molecule has 1 heterocycles. The van der Waals surface area contributed by atoms with Crippen LogP contribution in [-0.4, -0.2) is 56.5 Å². The molecule has 1 aromatic carbocycles. The normalized spacial score (nSPS) is 23.6. The molecule has 4 N–H and O–H groups in total. The Morgan fingerprint density at radius 2 is 2.11 bits per heavy atom. The summed E-state index contributed by atoms with van der Waals surface area (Å²) in [4.78, 5) is 12.7. The number of rotatable bonds is 4. The molecule has 1 saturated heterocycles. The molecule has 6 heteroatoms. The molecule has 0 radical (unpaired) electrons. The summed E-state index contributed by atoms with van der Waals surface area (Å²) in [6, 6.07) is 3.66. The van der Waals surface area contributed by atoms with Crippen molar-refractivity contribution in [2.75, 3.05) is 13.1 Å². The molecule has 1 fully saturated rings. The number of nitrogens with zero attached hydrogens (tertiary/aromatic N) is 1. The van der Waals surface area contributed by atoms with Gasteiger partial charge in [-0.25, -0.2) is 0 Å². The minimum Gasteiger partial charge on any atom is -0.508 e. The first-order chi connectivity index (χ1) is 8.97. The van der Waals surface area contributed by atoms with Crippen LogP contribution in [0.5, 0.6) is 11.5 Å². The van der Waals surface area contributed by atoms with Gasteiger partial charge in [0, 0.05) is 25.6 Å². The summed E-state index contributed by atoms with van der Waals surface area (Å²) < 4.78 is 0. The zero-order chi connectivity index (χ0) is 14.0. The highest BCUT2D eigenvalue weighted by Crippen LogP contribution is 2.24. The largest absolute Gasteiger partial charge is 0.508 e. The molecule has 2 atom stereocenters. The lowest BCUT2D eigenvalue weighted by molar-refractivity contribution is -0.142. The maximum Gasteiger partial charge on any atom is 0.321 e. The van der Waals surface area contributed by atoms with E-state index in [2.05, 4.69) is 0 Å². The third kappa shape index (κ3) is 3.15. The minimum absolute atomic E-state index is 0.00776. The Labute approximate surface area is 110 Å². The Hall–Kier alpha value is -1.79. The van der Waals surface area contributed by atoms with E-state index in [4.69, 9.17) is 5.11 Å². The molecular formula is C13H17NO5. The van der Waals surface area contributed by atoms with Crippen molar-refractivity contribution in [3.8, 4) is 11.5 Å². The number of carboxylic acids is 1. The third-order valence-corrected chi connectivity index (χ3v) is 3.40. The molecule has 0 saturated carbocycles. The summed E-state index contributed by atoms with van der Waals surface area (Å²) in [6.07, 6.45) is 0.0778. The van der Waals surface area contributed by atoms with Crippen LogP contribution in [0.15, 0.2) is 18.2 Å². The predicted octanol–water partition coefficient (Wildman–Crippen LogP) is 0.160. The quantitative estimate of drug-likeness (QED) is 0.620. The fourth-order valence-electron chi connectivity index (χ4n) is 2.41. The second-order valence-electron chi connectivity index (χ2n) is 4.80. The van der Waals surface area contributed by atoms with Crippen LogP contribution in [0, 0.1) is 0 Å². The van der Waals surface area contributed by atoms with Crippen LogP contribution in [0.2, 0.25) is 0 Å². The summed E-state index contributed by atoms with van der Waals surface area (Å²) in [6.45, 7) is 0.766. The van der Waals surface area contributed by atoms with Gasteiger partial charge in [0.15, 0.2) is 0 Å². The number of phenolic OH excluding ortho intramolecular Hbond substituents is 2. The maximum absolute atomic E-state index is 11.0. The highest BCUT2D eigenvalue weighted by Gasteiger charge is 2.35. The SMILES string of the molecule is O=C(O)[C@@H]1C[C@@H](O)CN1CCc1ccc(O)cc1O. The average molecular weight is 267 g/mol. The Morgan fingerprint density at radius 3 is 2.74 bits per heavy atom. The van der Waals surface area contributed by atoms with Gasteiger partial charge in [-0.3, -0.25) is 9.69 Å². The fourth-order valence-corrected chi connectivity index (χ4v) is 2.41. The number of β-amino-alcohol motifs (C(OH)–C–C–N with tert-alkyl or cyclic N) is 1. The molecule has 0 amide bonds. The van der Waals surface area contributed by atoms with E-state index in [-0.39, 0.29) is 17.9 Å². The number of aromatic hydroxyl groups is 2. The standard InChI is InChI=1S/C13H17NO5/c15-9-2-1-8(12(17)6-9)3-4-14-7-10(16)5-11(14)13(18)19/h1-2,6,10-11,15-17H,3-5,7H2,(H,18,19)/t10-,11+/m1/s1. The molecule has 1 aliphatic heterocycles. The Kier molecular flexibility index (Phi) is 3.92. The van der Waals surface area contributed by atoms with Crippen molar-refractivity contribution in [3.05, 3.63) is 23.8 Å². The molecule has 104 valence electrons. The molecule has 0 aliphatic carbocycles. The molecule has 2 rings (SSSR count). The van der Waals surface area contributed by atoms with Gasteiger partial charge in [0.25, 0.3) is 0 Å². The van der Waals surface area contributed by atoms with Gasteiger partial charge in [-0.1, -0.05) is 6.07 Å². The van der Waals surface area contributed by atoms with Crippen LogP contribution in [-0.2, 0) is 11.2 Å². The van der Waals surface area contributed by atoms with Crippen molar-refractivity contribution in [2.45, 2.75) is 25.0 Å². The first-order valence-electron chi connectivity index (χ1n) is 6.13. The number of benzene rings is 1. The van der Waals surface area contributed by atoms with E-state index in [1.165, 1.54) is 12.1 Å². The maximum atomic E-state index is 11.0. The number of aliphatic hydroxyl groups excluding tert-OH is 1. The van der Waals surface area contributed by atoms with Gasteiger partial charge >= 0.3 is 5.97 Å². The number of likely N-dealkylation sites (tertiary alicyclic amines) is 1. The number of aliphatic carboxylic acids is 1. The third-order valence-electron chi connectivity index (χ3n) is 3.40. The number of hydrogen-bond acceptors (Lipinski definition) is 5. The van der Waals surface area contributed by atoms with Gasteiger partial charge in [-0.2, -0.15) is 0 Å². The van der Waals surface area contributed by atoms with Crippen molar-refractivity contribution < 1.29 is 25.2 Å². The first kappa shape index (κ1) is 13.6. The number of aliphatic hydroxyl groups is 1. The summed E-state index contributed by atoms with van der Waals surface area (Å²) in [7, 11) is 0. The summed E-state index contributed by atoms with van der Waals surface area (Å²) in [5, 5.41) is 37.4. The van der Waals surface area contributed by atoms with Crippen LogP contribution in [0.4, 0.5) is 0 Å². The summed E-state index contributed by atoms with van der Waals surface area (Å²) >= 11 is 0. The van der Waals surface area contributed by atoms with Gasteiger partial charge < -0.3 is 20.4 Å². The van der Waals surface area contributed by atoms with Crippen molar-refractivity contribution in [2.24, 2.45) is 0 Å². The van der Waals surface area contributed by atoms with Gasteiger partial charge in [-0.15, -0.1) is 0 Å². The number of carboxylic acid groups (broad SMARTS) is 1. The lowest BCUT2D eigenvalue weighted by atomic mass is 10.1. The van der Waals surface area contributed by atoms with Crippen LogP contribution < -0.4 is 0 Å². The predicted molar refractivity (Wildman–Crippen MR) is 67.1 cm³/mol. The highest BCUT2D eigenvalue weighted by molar-refractivity contribution is 5.74. The van der Waals surface area contributed by atoms with Crippen LogP contribution in [0.25, 0.3) is 0 Å². The Morgan fingerprint density at radius 1 is 1.37 bits per heavy atom. The van der Waals surface area contributed by atoms with E-state index in [1.807, 2.05) is 0 Å². The van der Waals surface area contributed by atoms with Gasteiger partial charge in [0.2, 0.25) is 0 Å². The van der Waals surface area contributed by atoms with E-state index in [0.29, 0.717) is 25.1 Å². The molecule has 1 aromatic rings. The lowest BCUT2D eigenvalue weighted by Crippen LogP contribution is -2.37. The Bertz CT molecular complexity index is 476. The van der Waals surface area contributed by atoms with Crippen molar-refractivity contribution in [1.82, 2.24) is 4.90 Å². The minimum atomic E-state index is -0.938. The summed E-state index contributed by atoms with van der Waals surface area (Å²) in [5.74, 6) is -0.959. The molecule has 0 unspecified atom stereocenters. The van der Waals surface area contributed by atoms with E-state index < -0.39 is 18.1 Å². The second-order valence-corrected chi connectivity index (χ2v) is 4.80. The zero-order valence-corrected chi connectivity index (χ0v) is 10.4. The Balaban J connectivity index is 1.99. The highest BCUT2D eigenvalue weighted by atomic mass is 16.4. The molecule has 6 nitrogen and oxygen atoms in total. The van der Waals surface area contributed by atoms with Crippen LogP contribution in [0.1, 0.15) is 12.0 Å². The molecule has 19 heavy (non-hydrogen) atoms. The van der Waals surface area contributed by atoms with Crippen molar-refractivity contribution in [1.29, 1.82) is 0 Å². The zero-order valence-electron chi connectivity index (χ0n) is 10.4. The fraction of sp³-hybridized carbons (Fsp3) is 0.462. The van der Waals surface area contributed by atoms with E-state index in [0.717, 1.165) is 0 Å². The van der Waals surface area contributed by atoms with Gasteiger partial charge in [0.05, 0.1) is 6.10 Å². The van der Waals surface area contributed by atoms with Gasteiger partial charge in [-0.05, 0) is 18.1 Å².